The van der Waals surface area contributed by atoms with Gasteiger partial charge in [-0.05, 0) is 5.56 Å². The van der Waals surface area contributed by atoms with Crippen molar-refractivity contribution in [3.8, 4) is 0 Å². The second kappa shape index (κ2) is 5.54. The van der Waals surface area contributed by atoms with E-state index in [2.05, 4.69) is 5.32 Å². The van der Waals surface area contributed by atoms with Crippen LogP contribution in [0.15, 0.2) is 41.9 Å². The summed E-state index contributed by atoms with van der Waals surface area (Å²) in [6, 6.07) is 10.1. The van der Waals surface area contributed by atoms with E-state index in [0.717, 1.165) is 6.54 Å². The van der Waals surface area contributed by atoms with Crippen LogP contribution < -0.4 is 5.32 Å². The summed E-state index contributed by atoms with van der Waals surface area (Å²) in [7, 11) is -0.867. The fourth-order valence-corrected chi connectivity index (χ4v) is 1.20. The molecule has 1 rings (SSSR count). The van der Waals surface area contributed by atoms with E-state index in [1.807, 2.05) is 30.3 Å². The maximum absolute atomic E-state index is 10.6. The van der Waals surface area contributed by atoms with Crippen LogP contribution in [-0.4, -0.2) is 10.5 Å². The standard InChI is InChI=1S/C10H13NOS/c1-13(12)8-7-11-9-10-5-3-2-4-6-10/h2-8,11H,9H2,1H3. The maximum Gasteiger partial charge on any atom is 0.0439 e. The molecule has 1 unspecified atom stereocenters. The topological polar surface area (TPSA) is 29.1 Å². The molecule has 0 spiro atoms. The number of hydrogen-bond donors (Lipinski definition) is 1. The van der Waals surface area contributed by atoms with Gasteiger partial charge in [0.1, 0.15) is 0 Å². The highest BCUT2D eigenvalue weighted by molar-refractivity contribution is 7.87. The quantitative estimate of drug-likeness (QED) is 0.791. The molecule has 1 N–H and O–H groups in total. The Morgan fingerprint density at radius 1 is 1.38 bits per heavy atom. The van der Waals surface area contributed by atoms with Gasteiger partial charge in [0.2, 0.25) is 0 Å². The Balaban J connectivity index is 2.32. The number of hydrogen-bond acceptors (Lipinski definition) is 2. The zero-order chi connectivity index (χ0) is 9.52. The number of nitrogens with one attached hydrogen (secondary N) is 1. The molecule has 0 saturated carbocycles. The summed E-state index contributed by atoms with van der Waals surface area (Å²) in [4.78, 5) is 0. The average molecular weight is 195 g/mol. The summed E-state index contributed by atoms with van der Waals surface area (Å²) in [5, 5.41) is 4.69. The van der Waals surface area contributed by atoms with E-state index in [1.165, 1.54) is 5.56 Å². The molecule has 70 valence electrons. The first-order valence-corrected chi connectivity index (χ1v) is 5.67. The second-order valence-corrected chi connectivity index (χ2v) is 3.94. The highest BCUT2D eigenvalue weighted by Gasteiger charge is 1.86. The first kappa shape index (κ1) is 9.99. The van der Waals surface area contributed by atoms with Gasteiger partial charge in [0.25, 0.3) is 0 Å². The molecule has 0 amide bonds. The molecule has 3 heteroatoms. The van der Waals surface area contributed by atoms with Gasteiger partial charge in [-0.25, -0.2) is 0 Å². The van der Waals surface area contributed by atoms with Crippen LogP contribution in [0.1, 0.15) is 5.56 Å². The van der Waals surface area contributed by atoms with Gasteiger partial charge < -0.3 is 5.32 Å². The molecule has 1 aromatic rings. The summed E-state index contributed by atoms with van der Waals surface area (Å²) in [5.74, 6) is 0. The molecule has 0 heterocycles. The second-order valence-electron chi connectivity index (χ2n) is 2.67. The Bertz CT molecular complexity index is 295. The molecule has 0 radical (unpaired) electrons. The lowest BCUT2D eigenvalue weighted by molar-refractivity contribution is 0.691. The largest absolute Gasteiger partial charge is 0.386 e. The molecule has 0 aromatic heterocycles. The third-order valence-corrected chi connectivity index (χ3v) is 2.05. The van der Waals surface area contributed by atoms with Gasteiger partial charge >= 0.3 is 0 Å². The van der Waals surface area contributed by atoms with Crippen LogP contribution >= 0.6 is 0 Å². The molecular weight excluding hydrogens is 182 g/mol. The van der Waals surface area contributed by atoms with Crippen molar-refractivity contribution >= 4 is 10.8 Å². The Hall–Kier alpha value is -1.09. The van der Waals surface area contributed by atoms with E-state index in [9.17, 15) is 4.21 Å². The Kier molecular flexibility index (Phi) is 4.26. The van der Waals surface area contributed by atoms with Crippen LogP contribution in [0.25, 0.3) is 0 Å². The highest BCUT2D eigenvalue weighted by Crippen LogP contribution is 1.96. The predicted octanol–water partition coefficient (Wildman–Crippen LogP) is 1.63. The number of benzene rings is 1. The summed E-state index contributed by atoms with van der Waals surface area (Å²) in [6.07, 6.45) is 3.36. The van der Waals surface area contributed by atoms with E-state index >= 15 is 0 Å². The first-order valence-electron chi connectivity index (χ1n) is 4.05. The lowest BCUT2D eigenvalue weighted by Crippen LogP contribution is -2.04. The Morgan fingerprint density at radius 3 is 2.69 bits per heavy atom. The minimum atomic E-state index is -0.867. The molecule has 0 aliphatic carbocycles. The third-order valence-electron chi connectivity index (χ3n) is 1.53. The van der Waals surface area contributed by atoms with Crippen molar-refractivity contribution < 1.29 is 4.21 Å². The van der Waals surface area contributed by atoms with Gasteiger partial charge in [0.15, 0.2) is 0 Å². The van der Waals surface area contributed by atoms with Crippen molar-refractivity contribution in [2.45, 2.75) is 6.54 Å². The molecular formula is C10H13NOS. The normalized spacial score (nSPS) is 13.0. The minimum absolute atomic E-state index is 0.772. The molecule has 13 heavy (non-hydrogen) atoms. The Morgan fingerprint density at radius 2 is 2.08 bits per heavy atom. The highest BCUT2D eigenvalue weighted by atomic mass is 32.2. The molecule has 0 aliphatic heterocycles. The molecule has 0 aliphatic rings. The average Bonchev–Trinajstić information content (AvgIpc) is 2.14. The zero-order valence-corrected chi connectivity index (χ0v) is 8.38. The van der Waals surface area contributed by atoms with Gasteiger partial charge in [0.05, 0.1) is 0 Å². The van der Waals surface area contributed by atoms with Crippen molar-refractivity contribution in [2.24, 2.45) is 0 Å². The zero-order valence-electron chi connectivity index (χ0n) is 7.57. The summed E-state index contributed by atoms with van der Waals surface area (Å²) >= 11 is 0. The van der Waals surface area contributed by atoms with E-state index < -0.39 is 10.8 Å². The maximum atomic E-state index is 10.6. The lowest BCUT2D eigenvalue weighted by Gasteiger charge is -1.99. The van der Waals surface area contributed by atoms with Crippen molar-refractivity contribution in [3.63, 3.8) is 0 Å². The van der Waals surface area contributed by atoms with Crippen LogP contribution in [0.3, 0.4) is 0 Å². The van der Waals surface area contributed by atoms with E-state index in [0.29, 0.717) is 0 Å². The minimum Gasteiger partial charge on any atom is -0.386 e. The van der Waals surface area contributed by atoms with Gasteiger partial charge in [-0.15, -0.1) is 0 Å². The Labute approximate surface area is 81.1 Å². The summed E-state index contributed by atoms with van der Waals surface area (Å²) in [5.41, 5.74) is 1.22. The van der Waals surface area contributed by atoms with Gasteiger partial charge in [0, 0.05) is 35.2 Å². The van der Waals surface area contributed by atoms with Crippen LogP contribution in [-0.2, 0) is 17.3 Å². The fraction of sp³-hybridized carbons (Fsp3) is 0.200. The SMILES string of the molecule is CS(=O)C=CNCc1ccccc1. The van der Waals surface area contributed by atoms with Crippen LogP contribution in [0.4, 0.5) is 0 Å². The molecule has 0 fully saturated rings. The predicted molar refractivity (Wildman–Crippen MR) is 56.5 cm³/mol. The molecule has 2 nitrogen and oxygen atoms in total. The van der Waals surface area contributed by atoms with Crippen molar-refractivity contribution in [2.75, 3.05) is 6.26 Å². The number of rotatable bonds is 4. The monoisotopic (exact) mass is 195 g/mol. The summed E-state index contributed by atoms with van der Waals surface area (Å²) < 4.78 is 10.6. The third kappa shape index (κ3) is 4.48. The fourth-order valence-electron chi connectivity index (χ4n) is 0.917. The van der Waals surface area contributed by atoms with Crippen molar-refractivity contribution in [1.29, 1.82) is 0 Å². The van der Waals surface area contributed by atoms with E-state index in [4.69, 9.17) is 0 Å². The van der Waals surface area contributed by atoms with Gasteiger partial charge in [-0.1, -0.05) is 30.3 Å². The van der Waals surface area contributed by atoms with Crippen LogP contribution in [0.2, 0.25) is 0 Å². The molecule has 0 bridgehead atoms. The first-order chi connectivity index (χ1) is 6.29. The smallest absolute Gasteiger partial charge is 0.0439 e. The van der Waals surface area contributed by atoms with Crippen LogP contribution in [0, 0.1) is 0 Å². The van der Waals surface area contributed by atoms with E-state index in [-0.39, 0.29) is 0 Å². The van der Waals surface area contributed by atoms with Crippen molar-refractivity contribution in [1.82, 2.24) is 5.32 Å². The van der Waals surface area contributed by atoms with Crippen molar-refractivity contribution in [3.05, 3.63) is 47.5 Å². The van der Waals surface area contributed by atoms with E-state index in [1.54, 1.807) is 17.9 Å². The molecule has 0 saturated heterocycles. The summed E-state index contributed by atoms with van der Waals surface area (Å²) in [6.45, 7) is 0.772. The van der Waals surface area contributed by atoms with Crippen LogP contribution in [0.5, 0.6) is 0 Å². The van der Waals surface area contributed by atoms with Gasteiger partial charge in [-0.3, -0.25) is 4.21 Å². The molecule has 1 aromatic carbocycles. The van der Waals surface area contributed by atoms with Gasteiger partial charge in [-0.2, -0.15) is 0 Å². The lowest BCUT2D eigenvalue weighted by atomic mass is 10.2. The molecule has 1 atom stereocenters.